The van der Waals surface area contributed by atoms with Crippen LogP contribution in [-0.2, 0) is 0 Å². The van der Waals surface area contributed by atoms with Crippen molar-refractivity contribution in [1.29, 1.82) is 0 Å². The summed E-state index contributed by atoms with van der Waals surface area (Å²) >= 11 is 3.37. The van der Waals surface area contributed by atoms with Crippen LogP contribution >= 0.6 is 15.9 Å². The standard InChI is InChI=1S/C13H10BrF2N/c1-8-11(13(15)16)5-6-12(17-8)9-3-2-4-10(14)7-9/h2-7,13H,1H3. The van der Waals surface area contributed by atoms with Crippen LogP contribution in [0, 0.1) is 6.92 Å². The number of pyridine rings is 1. The molecule has 0 N–H and O–H groups in total. The third-order valence-electron chi connectivity index (χ3n) is 2.48. The van der Waals surface area contributed by atoms with Gasteiger partial charge in [-0.2, -0.15) is 0 Å². The molecule has 0 amide bonds. The molecule has 0 fully saturated rings. The summed E-state index contributed by atoms with van der Waals surface area (Å²) < 4.78 is 26.1. The SMILES string of the molecule is Cc1nc(-c2cccc(Br)c2)ccc1C(F)F. The lowest BCUT2D eigenvalue weighted by Gasteiger charge is -2.07. The smallest absolute Gasteiger partial charge is 0.253 e. The Morgan fingerprint density at radius 3 is 2.53 bits per heavy atom. The Morgan fingerprint density at radius 1 is 1.18 bits per heavy atom. The van der Waals surface area contributed by atoms with Gasteiger partial charge in [0.15, 0.2) is 0 Å². The number of hydrogen-bond acceptors (Lipinski definition) is 1. The van der Waals surface area contributed by atoms with Crippen molar-refractivity contribution in [1.82, 2.24) is 4.98 Å². The van der Waals surface area contributed by atoms with E-state index in [0.717, 1.165) is 10.0 Å². The lowest BCUT2D eigenvalue weighted by molar-refractivity contribution is 0.150. The largest absolute Gasteiger partial charge is 0.265 e. The van der Waals surface area contributed by atoms with Gasteiger partial charge in [0.2, 0.25) is 0 Å². The van der Waals surface area contributed by atoms with Gasteiger partial charge in [-0.15, -0.1) is 0 Å². The Balaban J connectivity index is 2.44. The highest BCUT2D eigenvalue weighted by Crippen LogP contribution is 2.26. The van der Waals surface area contributed by atoms with E-state index < -0.39 is 6.43 Å². The van der Waals surface area contributed by atoms with Crippen LogP contribution in [0.4, 0.5) is 8.78 Å². The highest BCUT2D eigenvalue weighted by Gasteiger charge is 2.12. The van der Waals surface area contributed by atoms with Crippen LogP contribution in [0.1, 0.15) is 17.7 Å². The Bertz CT molecular complexity index is 541. The summed E-state index contributed by atoms with van der Waals surface area (Å²) in [5, 5.41) is 0. The summed E-state index contributed by atoms with van der Waals surface area (Å²) in [5.74, 6) is 0. The van der Waals surface area contributed by atoms with Crippen LogP contribution in [0.3, 0.4) is 0 Å². The van der Waals surface area contributed by atoms with Crippen molar-refractivity contribution in [2.75, 3.05) is 0 Å². The first-order valence-electron chi connectivity index (χ1n) is 5.09. The highest BCUT2D eigenvalue weighted by atomic mass is 79.9. The molecule has 0 aliphatic rings. The number of hydrogen-bond donors (Lipinski definition) is 0. The van der Waals surface area contributed by atoms with Gasteiger partial charge in [0.1, 0.15) is 0 Å². The topological polar surface area (TPSA) is 12.9 Å². The van der Waals surface area contributed by atoms with E-state index in [-0.39, 0.29) is 5.56 Å². The fourth-order valence-corrected chi connectivity index (χ4v) is 2.01. The van der Waals surface area contributed by atoms with Crippen molar-refractivity contribution in [3.8, 4) is 11.3 Å². The lowest BCUT2D eigenvalue weighted by atomic mass is 10.1. The molecule has 1 heterocycles. The summed E-state index contributed by atoms with van der Waals surface area (Å²) in [7, 11) is 0. The summed E-state index contributed by atoms with van der Waals surface area (Å²) in [6, 6.07) is 10.7. The average molecular weight is 298 g/mol. The monoisotopic (exact) mass is 297 g/mol. The van der Waals surface area contributed by atoms with Gasteiger partial charge in [-0.1, -0.05) is 28.1 Å². The summed E-state index contributed by atoms with van der Waals surface area (Å²) in [6.45, 7) is 1.60. The van der Waals surface area contributed by atoms with E-state index in [4.69, 9.17) is 0 Å². The Hall–Kier alpha value is -1.29. The molecule has 0 saturated heterocycles. The van der Waals surface area contributed by atoms with Crippen LogP contribution in [0.15, 0.2) is 40.9 Å². The van der Waals surface area contributed by atoms with Gasteiger partial charge in [0.05, 0.1) is 5.69 Å². The quantitative estimate of drug-likeness (QED) is 0.779. The minimum absolute atomic E-state index is 0.0104. The predicted octanol–water partition coefficient (Wildman–Crippen LogP) is 4.76. The number of rotatable bonds is 2. The molecule has 0 aliphatic heterocycles. The van der Waals surface area contributed by atoms with Gasteiger partial charge in [-0.3, -0.25) is 4.98 Å². The summed E-state index contributed by atoms with van der Waals surface area (Å²) in [4.78, 5) is 4.20. The first-order valence-corrected chi connectivity index (χ1v) is 5.89. The van der Waals surface area contributed by atoms with Gasteiger partial charge in [0, 0.05) is 21.3 Å². The van der Waals surface area contributed by atoms with Crippen molar-refractivity contribution in [3.05, 3.63) is 52.1 Å². The molecule has 0 aliphatic carbocycles. The van der Waals surface area contributed by atoms with Crippen molar-refractivity contribution >= 4 is 15.9 Å². The zero-order valence-corrected chi connectivity index (χ0v) is 10.7. The van der Waals surface area contributed by atoms with E-state index in [1.165, 1.54) is 6.07 Å². The van der Waals surface area contributed by atoms with Gasteiger partial charge >= 0.3 is 0 Å². The second-order valence-corrected chi connectivity index (χ2v) is 4.60. The van der Waals surface area contributed by atoms with E-state index in [0.29, 0.717) is 11.4 Å². The van der Waals surface area contributed by atoms with Crippen molar-refractivity contribution in [3.63, 3.8) is 0 Å². The van der Waals surface area contributed by atoms with E-state index >= 15 is 0 Å². The zero-order chi connectivity index (χ0) is 12.4. The maximum atomic E-state index is 12.6. The van der Waals surface area contributed by atoms with E-state index in [1.54, 1.807) is 13.0 Å². The summed E-state index contributed by atoms with van der Waals surface area (Å²) in [6.07, 6.45) is -2.47. The van der Waals surface area contributed by atoms with Gasteiger partial charge in [-0.05, 0) is 31.2 Å². The average Bonchev–Trinajstić information content (AvgIpc) is 2.28. The Kier molecular flexibility index (Phi) is 3.52. The third kappa shape index (κ3) is 2.69. The molecule has 1 aromatic heterocycles. The molecule has 1 nitrogen and oxygen atoms in total. The first kappa shape index (κ1) is 12.2. The second-order valence-electron chi connectivity index (χ2n) is 3.68. The minimum Gasteiger partial charge on any atom is -0.253 e. The number of aromatic nitrogens is 1. The second kappa shape index (κ2) is 4.92. The highest BCUT2D eigenvalue weighted by molar-refractivity contribution is 9.10. The third-order valence-corrected chi connectivity index (χ3v) is 2.98. The van der Waals surface area contributed by atoms with Crippen molar-refractivity contribution in [2.45, 2.75) is 13.3 Å². The van der Waals surface area contributed by atoms with Crippen LogP contribution < -0.4 is 0 Å². The van der Waals surface area contributed by atoms with E-state index in [9.17, 15) is 8.78 Å². The molecule has 4 heteroatoms. The molecular formula is C13H10BrF2N. The summed E-state index contributed by atoms with van der Waals surface area (Å²) in [5.41, 5.74) is 1.97. The van der Waals surface area contributed by atoms with Crippen LogP contribution in [0.5, 0.6) is 0 Å². The molecular weight excluding hydrogens is 288 g/mol. The molecule has 88 valence electrons. The maximum Gasteiger partial charge on any atom is 0.265 e. The zero-order valence-electron chi connectivity index (χ0n) is 9.12. The molecule has 0 spiro atoms. The number of halogens is 3. The molecule has 17 heavy (non-hydrogen) atoms. The Labute approximate surface area is 107 Å². The molecule has 2 rings (SSSR count). The fourth-order valence-electron chi connectivity index (χ4n) is 1.61. The predicted molar refractivity (Wildman–Crippen MR) is 67.1 cm³/mol. The lowest BCUT2D eigenvalue weighted by Crippen LogP contribution is -1.95. The number of benzene rings is 1. The first-order chi connectivity index (χ1) is 8.08. The van der Waals surface area contributed by atoms with Crippen molar-refractivity contribution in [2.24, 2.45) is 0 Å². The molecule has 2 aromatic rings. The normalized spacial score (nSPS) is 10.9. The fraction of sp³-hybridized carbons (Fsp3) is 0.154. The molecule has 0 bridgehead atoms. The van der Waals surface area contributed by atoms with Crippen LogP contribution in [-0.4, -0.2) is 4.98 Å². The molecule has 0 saturated carbocycles. The minimum atomic E-state index is -2.47. The molecule has 1 aromatic carbocycles. The number of alkyl halides is 2. The Morgan fingerprint density at radius 2 is 1.94 bits per heavy atom. The molecule has 0 radical (unpaired) electrons. The molecule has 0 unspecified atom stereocenters. The van der Waals surface area contributed by atoms with Crippen molar-refractivity contribution < 1.29 is 8.78 Å². The molecule has 0 atom stereocenters. The maximum absolute atomic E-state index is 12.6. The van der Waals surface area contributed by atoms with Crippen LogP contribution in [0.2, 0.25) is 0 Å². The van der Waals surface area contributed by atoms with Gasteiger partial charge in [-0.25, -0.2) is 8.78 Å². The van der Waals surface area contributed by atoms with Crippen LogP contribution in [0.25, 0.3) is 11.3 Å². The number of nitrogens with zero attached hydrogens (tertiary/aromatic N) is 1. The number of aryl methyl sites for hydroxylation is 1. The van der Waals surface area contributed by atoms with Gasteiger partial charge in [0.25, 0.3) is 6.43 Å². The van der Waals surface area contributed by atoms with E-state index in [2.05, 4.69) is 20.9 Å². The van der Waals surface area contributed by atoms with Gasteiger partial charge < -0.3 is 0 Å². The van der Waals surface area contributed by atoms with E-state index in [1.807, 2.05) is 24.3 Å².